The molecule has 1 aromatic carbocycles. The fourth-order valence-corrected chi connectivity index (χ4v) is 4.85. The van der Waals surface area contributed by atoms with E-state index in [2.05, 4.69) is 5.32 Å². The van der Waals surface area contributed by atoms with E-state index in [4.69, 9.17) is 0 Å². The van der Waals surface area contributed by atoms with Crippen LogP contribution in [0.1, 0.15) is 18.9 Å². The molecular weight excluding hydrogens is 286 g/mol. The van der Waals surface area contributed by atoms with E-state index in [0.717, 1.165) is 23.6 Å². The first-order valence-electron chi connectivity index (χ1n) is 5.84. The van der Waals surface area contributed by atoms with Crippen LogP contribution in [0.2, 0.25) is 0 Å². The van der Waals surface area contributed by atoms with Gasteiger partial charge in [-0.05, 0) is 12.0 Å². The van der Waals surface area contributed by atoms with Crippen LogP contribution >= 0.6 is 11.8 Å². The van der Waals surface area contributed by atoms with Gasteiger partial charge >= 0.3 is 0 Å². The molecule has 1 saturated heterocycles. The van der Waals surface area contributed by atoms with Crippen LogP contribution in [0.25, 0.3) is 0 Å². The van der Waals surface area contributed by atoms with Crippen molar-refractivity contribution in [3.05, 3.63) is 35.9 Å². The average Bonchev–Trinajstić information content (AvgIpc) is 2.79. The first kappa shape index (κ1) is 14.5. The van der Waals surface area contributed by atoms with Gasteiger partial charge in [0.15, 0.2) is 4.71 Å². The summed E-state index contributed by atoms with van der Waals surface area (Å²) in [6, 6.07) is 9.22. The van der Waals surface area contributed by atoms with Crippen LogP contribution in [0.15, 0.2) is 30.3 Å². The molecule has 104 valence electrons. The van der Waals surface area contributed by atoms with E-state index in [1.165, 1.54) is 0 Å². The zero-order chi connectivity index (χ0) is 14.1. The molecule has 0 radical (unpaired) electrons. The van der Waals surface area contributed by atoms with Crippen LogP contribution in [0, 0.1) is 0 Å². The number of carbonyl (C=O) groups is 1. The van der Waals surface area contributed by atoms with Gasteiger partial charge < -0.3 is 4.79 Å². The second-order valence-corrected chi connectivity index (χ2v) is 7.43. The molecule has 0 spiro atoms. The van der Waals surface area contributed by atoms with Crippen LogP contribution < -0.4 is 5.32 Å². The maximum atomic E-state index is 11.3. The van der Waals surface area contributed by atoms with Gasteiger partial charge in [0.1, 0.15) is 6.29 Å². The predicted molar refractivity (Wildman–Crippen MR) is 74.3 cm³/mol. The molecule has 1 aliphatic rings. The Morgan fingerprint density at radius 2 is 2.05 bits per heavy atom. The van der Waals surface area contributed by atoms with Crippen molar-refractivity contribution in [3.8, 4) is 0 Å². The molecule has 0 bridgehead atoms. The summed E-state index contributed by atoms with van der Waals surface area (Å²) < 4.78 is 30.6. The van der Waals surface area contributed by atoms with Crippen LogP contribution in [-0.4, -0.2) is 29.2 Å². The predicted octanol–water partition coefficient (Wildman–Crippen LogP) is 1.37. The number of nitrogens with one attached hydrogen (secondary N) is 1. The van der Waals surface area contributed by atoms with Crippen LogP contribution in [0.3, 0.4) is 0 Å². The van der Waals surface area contributed by atoms with E-state index in [1.807, 2.05) is 37.3 Å². The average molecular weight is 301 g/mol. The monoisotopic (exact) mass is 301 g/mol. The first-order valence-corrected chi connectivity index (χ1v) is 8.29. The minimum Gasteiger partial charge on any atom is -0.302 e. The quantitative estimate of drug-likeness (QED) is 0.645. The lowest BCUT2D eigenvalue weighted by Gasteiger charge is -2.32. The lowest BCUT2D eigenvalue weighted by Crippen LogP contribution is -2.47. The van der Waals surface area contributed by atoms with Crippen molar-refractivity contribution >= 4 is 28.2 Å². The molecule has 0 aromatic heterocycles. The summed E-state index contributed by atoms with van der Waals surface area (Å²) in [6.07, 6.45) is 1.28. The molecule has 5 nitrogen and oxygen atoms in total. The van der Waals surface area contributed by atoms with E-state index < -0.39 is 25.6 Å². The number of carbonyl (C=O) groups excluding carboxylic acids is 1. The summed E-state index contributed by atoms with van der Waals surface area (Å²) in [4.78, 5) is 11.3. The Bertz CT molecular complexity index is 560. The van der Waals surface area contributed by atoms with E-state index in [9.17, 15) is 17.8 Å². The highest BCUT2D eigenvalue weighted by molar-refractivity contribution is 8.12. The Morgan fingerprint density at radius 3 is 2.53 bits per heavy atom. The minimum atomic E-state index is -4.24. The van der Waals surface area contributed by atoms with Crippen molar-refractivity contribution in [1.82, 2.24) is 5.32 Å². The van der Waals surface area contributed by atoms with Gasteiger partial charge in [-0.3, -0.25) is 9.87 Å². The van der Waals surface area contributed by atoms with Gasteiger partial charge in [-0.1, -0.05) is 37.3 Å². The topological polar surface area (TPSA) is 83.5 Å². The fourth-order valence-electron chi connectivity index (χ4n) is 2.36. The maximum absolute atomic E-state index is 11.3. The largest absolute Gasteiger partial charge is 0.302 e. The Labute approximate surface area is 116 Å². The summed E-state index contributed by atoms with van der Waals surface area (Å²) in [5.41, 5.74) is 0.0713. The van der Waals surface area contributed by atoms with Gasteiger partial charge in [0, 0.05) is 0 Å². The third-order valence-corrected chi connectivity index (χ3v) is 6.27. The molecule has 7 heteroatoms. The minimum absolute atomic E-state index is 0.541. The maximum Gasteiger partial charge on any atom is 0.290 e. The number of rotatable bonds is 4. The number of aldehydes is 1. The van der Waals surface area contributed by atoms with E-state index in [0.29, 0.717) is 6.42 Å². The van der Waals surface area contributed by atoms with Crippen LogP contribution in [0.5, 0.6) is 0 Å². The summed E-state index contributed by atoms with van der Waals surface area (Å²) in [5.74, 6) is 0. The van der Waals surface area contributed by atoms with Gasteiger partial charge in [-0.15, -0.1) is 11.8 Å². The molecule has 3 unspecified atom stereocenters. The Morgan fingerprint density at radius 1 is 1.42 bits per heavy atom. The highest BCUT2D eigenvalue weighted by Crippen LogP contribution is 2.44. The summed E-state index contributed by atoms with van der Waals surface area (Å²) in [5, 5.41) is 2.34. The third kappa shape index (κ3) is 2.55. The molecule has 1 fully saturated rings. The molecule has 2 N–H and O–H groups in total. The smallest absolute Gasteiger partial charge is 0.290 e. The number of benzene rings is 1. The molecule has 1 aliphatic heterocycles. The molecular formula is C12H15NO4S2. The third-order valence-electron chi connectivity index (χ3n) is 3.37. The Kier molecular flexibility index (Phi) is 4.00. The number of hydrogen-bond acceptors (Lipinski definition) is 5. The van der Waals surface area contributed by atoms with Crippen molar-refractivity contribution in [3.63, 3.8) is 0 Å². The van der Waals surface area contributed by atoms with E-state index >= 15 is 0 Å². The van der Waals surface area contributed by atoms with Crippen LogP contribution in [-0.2, 0) is 20.5 Å². The van der Waals surface area contributed by atoms with Gasteiger partial charge in [0.2, 0.25) is 0 Å². The Balaban J connectivity index is 2.47. The molecule has 3 atom stereocenters. The standard InChI is InChI=1S/C12H15NO4S2/c1-2-12(9-6-4-3-5-7-9)10(8-14)18-11(13-12)19(15,16)17/h3-8,10-11,13H,2H2,1H3,(H,15,16,17). The highest BCUT2D eigenvalue weighted by atomic mass is 32.3. The second-order valence-electron chi connectivity index (χ2n) is 4.37. The van der Waals surface area contributed by atoms with E-state index in [-0.39, 0.29) is 0 Å². The first-order chi connectivity index (χ1) is 8.94. The molecule has 19 heavy (non-hydrogen) atoms. The number of hydrogen-bond donors (Lipinski definition) is 2. The summed E-state index contributed by atoms with van der Waals surface area (Å²) in [6.45, 7) is 1.88. The van der Waals surface area contributed by atoms with Gasteiger partial charge in [0.25, 0.3) is 10.1 Å². The lowest BCUT2D eigenvalue weighted by molar-refractivity contribution is -0.108. The molecule has 0 saturated carbocycles. The molecule has 1 heterocycles. The van der Waals surface area contributed by atoms with Crippen LogP contribution in [0.4, 0.5) is 0 Å². The normalized spacial score (nSPS) is 31.3. The van der Waals surface area contributed by atoms with Gasteiger partial charge in [-0.2, -0.15) is 8.42 Å². The van der Waals surface area contributed by atoms with Crippen molar-refractivity contribution < 1.29 is 17.8 Å². The summed E-state index contributed by atoms with van der Waals surface area (Å²) in [7, 11) is -4.24. The van der Waals surface area contributed by atoms with Crippen molar-refractivity contribution in [2.75, 3.05) is 0 Å². The van der Waals surface area contributed by atoms with Crippen molar-refractivity contribution in [1.29, 1.82) is 0 Å². The molecule has 0 aliphatic carbocycles. The van der Waals surface area contributed by atoms with Gasteiger partial charge in [-0.25, -0.2) is 0 Å². The SMILES string of the molecule is CCC1(c2ccccc2)NC(S(=O)(=O)O)SC1C=O. The molecule has 0 amide bonds. The molecule has 1 aromatic rings. The van der Waals surface area contributed by atoms with E-state index in [1.54, 1.807) is 0 Å². The highest BCUT2D eigenvalue weighted by Gasteiger charge is 2.51. The zero-order valence-electron chi connectivity index (χ0n) is 10.3. The number of thioether (sulfide) groups is 1. The molecule has 2 rings (SSSR count). The second kappa shape index (κ2) is 5.24. The summed E-state index contributed by atoms with van der Waals surface area (Å²) >= 11 is 0.927. The van der Waals surface area contributed by atoms with Crippen molar-refractivity contribution in [2.24, 2.45) is 0 Å². The van der Waals surface area contributed by atoms with Gasteiger partial charge in [0.05, 0.1) is 10.8 Å². The lowest BCUT2D eigenvalue weighted by atomic mass is 9.84. The fraction of sp³-hybridized carbons (Fsp3) is 0.417. The van der Waals surface area contributed by atoms with Crippen molar-refractivity contribution in [2.45, 2.75) is 28.8 Å². The zero-order valence-corrected chi connectivity index (χ0v) is 11.9. The Hall–Kier alpha value is -0.890.